The van der Waals surface area contributed by atoms with Crippen LogP contribution in [0.4, 0.5) is 19.7 Å². The number of hydrogen-bond donors (Lipinski definition) is 2. The topological polar surface area (TPSA) is 142 Å². The van der Waals surface area contributed by atoms with Crippen molar-refractivity contribution >= 4 is 40.6 Å². The fourth-order valence-electron chi connectivity index (χ4n) is 8.47. The van der Waals surface area contributed by atoms with Gasteiger partial charge in [-0.15, -0.1) is 0 Å². The highest BCUT2D eigenvalue weighted by Gasteiger charge is 2.48. The van der Waals surface area contributed by atoms with Gasteiger partial charge in [0, 0.05) is 30.6 Å². The first-order valence-electron chi connectivity index (χ1n) is 16.6. The van der Waals surface area contributed by atoms with E-state index in [-0.39, 0.29) is 35.7 Å². The lowest BCUT2D eigenvalue weighted by atomic mass is 9.75. The number of primary amides is 1. The van der Waals surface area contributed by atoms with Crippen LogP contribution in [0.2, 0.25) is 0 Å². The van der Waals surface area contributed by atoms with Gasteiger partial charge in [-0.25, -0.2) is 18.5 Å². The predicted octanol–water partition coefficient (Wildman–Crippen LogP) is 5.48. The molecule has 3 amide bonds. The second kappa shape index (κ2) is 12.8. The molecule has 2 aromatic rings. The first kappa shape index (κ1) is 32.3. The lowest BCUT2D eigenvalue weighted by Gasteiger charge is -2.37. The molecule has 1 saturated heterocycles. The number of halogens is 1. The van der Waals surface area contributed by atoms with Crippen molar-refractivity contribution < 1.29 is 37.8 Å². The Morgan fingerprint density at radius 3 is 2.43 bits per heavy atom. The van der Waals surface area contributed by atoms with Gasteiger partial charge in [0.25, 0.3) is 0 Å². The zero-order valence-electron chi connectivity index (χ0n) is 26.8. The summed E-state index contributed by atoms with van der Waals surface area (Å²) in [6.45, 7) is 3.37. The van der Waals surface area contributed by atoms with E-state index in [0.717, 1.165) is 43.2 Å². The van der Waals surface area contributed by atoms with Gasteiger partial charge in [0.15, 0.2) is 0 Å². The van der Waals surface area contributed by atoms with Crippen LogP contribution in [0.15, 0.2) is 24.3 Å². The maximum atomic E-state index is 14.2. The fraction of sp³-hybridized carbons (Fsp3) is 0.647. The summed E-state index contributed by atoms with van der Waals surface area (Å²) in [4.78, 5) is 54.0. The van der Waals surface area contributed by atoms with Crippen molar-refractivity contribution in [3.63, 3.8) is 0 Å². The molecule has 2 aliphatic heterocycles. The molecule has 250 valence electrons. The van der Waals surface area contributed by atoms with Gasteiger partial charge in [-0.2, -0.15) is 0 Å². The van der Waals surface area contributed by atoms with E-state index >= 15 is 0 Å². The lowest BCUT2D eigenvalue weighted by molar-refractivity contribution is -0.142. The van der Waals surface area contributed by atoms with Crippen molar-refractivity contribution in [2.75, 3.05) is 25.6 Å². The third-order valence-electron chi connectivity index (χ3n) is 10.9. The normalized spacial score (nSPS) is 29.7. The van der Waals surface area contributed by atoms with Crippen molar-refractivity contribution in [3.05, 3.63) is 30.0 Å². The Kier molecular flexibility index (Phi) is 9.02. The number of amides is 3. The summed E-state index contributed by atoms with van der Waals surface area (Å²) in [5.74, 6) is -0.477. The van der Waals surface area contributed by atoms with Crippen LogP contribution in [0, 0.1) is 23.7 Å². The molecule has 3 fully saturated rings. The zero-order chi connectivity index (χ0) is 32.7. The molecule has 2 aliphatic carbocycles. The minimum absolute atomic E-state index is 0.00929. The minimum Gasteiger partial charge on any atom is -0.443 e. The van der Waals surface area contributed by atoms with Crippen molar-refractivity contribution in [3.8, 4) is 0 Å². The Bertz CT molecular complexity index is 1490. The number of likely N-dealkylation sites (tertiary alicyclic amines) is 1. The standard InChI is InChI=1S/C34H45FN4O7/c1-34(2)28-16-22-8-11-23(17-26(22)39(28)33(43)46-34)37-30(40)29-25(19-9-12-24(44-3)13-10-19)14-15-38(29)31(41)21-6-4-20(5-7-21)27(18-35)45-32(36)42/h8,11,16-17,19-21,24-25,27,29H,4-7,9-10,12-15,18H2,1-3H3,(H2,36,42)(H,37,40)/t19?,20?,21?,24?,25-,27+,29-/m0/s1. The summed E-state index contributed by atoms with van der Waals surface area (Å²) in [7, 11) is 1.74. The number of cyclic esters (lactones) is 1. The largest absolute Gasteiger partial charge is 0.443 e. The number of aromatic nitrogens is 1. The Balaban J connectivity index is 1.21. The number of carbonyl (C=O) groups is 4. The molecule has 0 radical (unpaired) electrons. The number of fused-ring (bicyclic) bond motifs is 3. The van der Waals surface area contributed by atoms with E-state index in [2.05, 4.69) is 5.32 Å². The number of hydrogen-bond acceptors (Lipinski definition) is 7. The number of rotatable bonds is 8. The molecule has 12 heteroatoms. The summed E-state index contributed by atoms with van der Waals surface area (Å²) in [5, 5.41) is 3.96. The molecule has 4 aliphatic rings. The molecule has 0 spiro atoms. The lowest BCUT2D eigenvalue weighted by Crippen LogP contribution is -2.50. The Hall–Kier alpha value is -3.67. The number of carbonyl (C=O) groups excluding carboxylic acids is 4. The molecule has 1 aromatic heterocycles. The molecule has 3 atom stereocenters. The second-order valence-electron chi connectivity index (χ2n) is 13.9. The Labute approximate surface area is 268 Å². The molecule has 3 heterocycles. The molecule has 46 heavy (non-hydrogen) atoms. The van der Waals surface area contributed by atoms with Gasteiger partial charge in [0.05, 0.1) is 17.3 Å². The van der Waals surface area contributed by atoms with Gasteiger partial charge in [0.2, 0.25) is 11.8 Å². The fourth-order valence-corrected chi connectivity index (χ4v) is 8.47. The number of methoxy groups -OCH3 is 1. The van der Waals surface area contributed by atoms with Gasteiger partial charge < -0.3 is 30.2 Å². The van der Waals surface area contributed by atoms with Gasteiger partial charge in [-0.3, -0.25) is 9.59 Å². The van der Waals surface area contributed by atoms with E-state index < -0.39 is 36.6 Å². The Morgan fingerprint density at radius 2 is 1.78 bits per heavy atom. The summed E-state index contributed by atoms with van der Waals surface area (Å²) < 4.78 is 31.3. The third-order valence-corrected chi connectivity index (χ3v) is 10.9. The number of nitrogens with two attached hydrogens (primary N) is 1. The van der Waals surface area contributed by atoms with Crippen molar-refractivity contribution in [2.45, 2.75) is 95.5 Å². The SMILES string of the molecule is COC1CCC([C@@H]2CCN(C(=O)C3CCC([C@@H](CF)OC(N)=O)CC3)[C@@H]2C(=O)Nc2ccc3cc4n(c3c2)C(=O)OC4(C)C)CC1. The van der Waals surface area contributed by atoms with Gasteiger partial charge >= 0.3 is 12.2 Å². The van der Waals surface area contributed by atoms with E-state index in [1.807, 2.05) is 32.0 Å². The quantitative estimate of drug-likeness (QED) is 0.389. The zero-order valence-corrected chi connectivity index (χ0v) is 26.8. The van der Waals surface area contributed by atoms with Gasteiger partial charge in [-0.05, 0) is 108 Å². The van der Waals surface area contributed by atoms with Crippen LogP contribution in [-0.4, -0.2) is 72.0 Å². The maximum Gasteiger partial charge on any atom is 0.419 e. The second-order valence-corrected chi connectivity index (χ2v) is 13.9. The molecule has 2 saturated carbocycles. The molecule has 1 aromatic carbocycles. The van der Waals surface area contributed by atoms with Crippen molar-refractivity contribution in [1.82, 2.24) is 9.47 Å². The van der Waals surface area contributed by atoms with Crippen LogP contribution in [0.1, 0.15) is 77.3 Å². The molecule has 0 bridgehead atoms. The van der Waals surface area contributed by atoms with Gasteiger partial charge in [-0.1, -0.05) is 6.07 Å². The van der Waals surface area contributed by atoms with Crippen LogP contribution in [0.3, 0.4) is 0 Å². The molecule has 11 nitrogen and oxygen atoms in total. The monoisotopic (exact) mass is 640 g/mol. The number of nitrogens with one attached hydrogen (secondary N) is 1. The van der Waals surface area contributed by atoms with E-state index in [0.29, 0.717) is 49.4 Å². The Morgan fingerprint density at radius 1 is 1.07 bits per heavy atom. The highest BCUT2D eigenvalue weighted by Crippen LogP contribution is 2.43. The third kappa shape index (κ3) is 6.08. The highest BCUT2D eigenvalue weighted by molar-refractivity contribution is 6.01. The summed E-state index contributed by atoms with van der Waals surface area (Å²) in [5.41, 5.74) is 6.33. The number of nitrogens with zero attached hydrogens (tertiary/aromatic N) is 2. The maximum absolute atomic E-state index is 14.2. The number of alkyl halides is 1. The summed E-state index contributed by atoms with van der Waals surface area (Å²) in [6, 6.07) is 6.79. The highest BCUT2D eigenvalue weighted by atomic mass is 19.1. The molecule has 6 rings (SSSR count). The van der Waals surface area contributed by atoms with E-state index in [1.54, 1.807) is 22.6 Å². The minimum atomic E-state index is -0.998. The molecule has 0 unspecified atom stereocenters. The molecular weight excluding hydrogens is 595 g/mol. The van der Waals surface area contributed by atoms with E-state index in [9.17, 15) is 23.6 Å². The first-order valence-corrected chi connectivity index (χ1v) is 16.6. The average molecular weight is 641 g/mol. The number of anilines is 1. The van der Waals surface area contributed by atoms with Crippen molar-refractivity contribution in [2.24, 2.45) is 29.4 Å². The van der Waals surface area contributed by atoms with E-state index in [4.69, 9.17) is 19.9 Å². The first-order chi connectivity index (χ1) is 22.0. The molecular formula is C34H45FN4O7. The summed E-state index contributed by atoms with van der Waals surface area (Å²) in [6.07, 6.45) is 4.45. The van der Waals surface area contributed by atoms with Gasteiger partial charge in [0.1, 0.15) is 24.4 Å². The smallest absolute Gasteiger partial charge is 0.419 e. The summed E-state index contributed by atoms with van der Waals surface area (Å²) >= 11 is 0. The van der Waals surface area contributed by atoms with Crippen LogP contribution in [0.25, 0.3) is 10.9 Å². The predicted molar refractivity (Wildman–Crippen MR) is 168 cm³/mol. The number of benzene rings is 1. The van der Waals surface area contributed by atoms with Crippen LogP contribution < -0.4 is 11.1 Å². The number of ether oxygens (including phenoxy) is 3. The van der Waals surface area contributed by atoms with Crippen LogP contribution >= 0.6 is 0 Å². The molecule has 3 N–H and O–H groups in total. The van der Waals surface area contributed by atoms with E-state index in [1.165, 1.54) is 0 Å². The van der Waals surface area contributed by atoms with Crippen molar-refractivity contribution in [1.29, 1.82) is 0 Å². The van der Waals surface area contributed by atoms with Crippen LogP contribution in [0.5, 0.6) is 0 Å². The average Bonchev–Trinajstić information content (AvgIpc) is 3.72. The van der Waals surface area contributed by atoms with Crippen LogP contribution in [-0.2, 0) is 29.4 Å².